The van der Waals surface area contributed by atoms with E-state index in [-0.39, 0.29) is 6.04 Å². The van der Waals surface area contributed by atoms with E-state index < -0.39 is 0 Å². The summed E-state index contributed by atoms with van der Waals surface area (Å²) in [4.78, 5) is 1.35. The van der Waals surface area contributed by atoms with Crippen molar-refractivity contribution in [2.45, 2.75) is 26.3 Å². The number of methoxy groups -OCH3 is 1. The first kappa shape index (κ1) is 15.9. The molecule has 0 saturated heterocycles. The minimum atomic E-state index is 0.262. The fraction of sp³-hybridized carbons (Fsp3) is 0.412. The summed E-state index contributed by atoms with van der Waals surface area (Å²) in [5, 5.41) is 5.52. The molecule has 0 bridgehead atoms. The molecule has 0 amide bonds. The lowest BCUT2D eigenvalue weighted by Gasteiger charge is -2.18. The monoisotopic (exact) mass is 305 g/mol. The van der Waals surface area contributed by atoms with Crippen molar-refractivity contribution in [1.29, 1.82) is 0 Å². The molecule has 0 radical (unpaired) electrons. The number of rotatable bonds is 8. The van der Waals surface area contributed by atoms with Crippen LogP contribution < -0.4 is 14.8 Å². The quantitative estimate of drug-likeness (QED) is 0.798. The van der Waals surface area contributed by atoms with Crippen molar-refractivity contribution in [3.05, 3.63) is 46.2 Å². The van der Waals surface area contributed by atoms with E-state index in [1.165, 1.54) is 10.4 Å². The first-order valence-electron chi connectivity index (χ1n) is 7.31. The summed E-state index contributed by atoms with van der Waals surface area (Å²) in [6, 6.07) is 10.5. The maximum absolute atomic E-state index is 6.01. The predicted octanol–water partition coefficient (Wildman–Crippen LogP) is 4.05. The molecule has 0 fully saturated rings. The highest BCUT2D eigenvalue weighted by Crippen LogP contribution is 2.29. The average molecular weight is 305 g/mol. The molecule has 1 atom stereocenters. The van der Waals surface area contributed by atoms with E-state index in [2.05, 4.69) is 42.7 Å². The fourth-order valence-corrected chi connectivity index (χ4v) is 2.95. The average Bonchev–Trinajstić information content (AvgIpc) is 3.00. The van der Waals surface area contributed by atoms with Crippen LogP contribution in [0.3, 0.4) is 0 Å². The summed E-state index contributed by atoms with van der Waals surface area (Å²) in [7, 11) is 1.68. The van der Waals surface area contributed by atoms with E-state index in [9.17, 15) is 0 Å². The molecule has 0 spiro atoms. The molecule has 2 rings (SSSR count). The molecule has 0 aliphatic heterocycles. The van der Waals surface area contributed by atoms with E-state index in [1.54, 1.807) is 18.4 Å². The van der Waals surface area contributed by atoms with Crippen molar-refractivity contribution in [2.24, 2.45) is 0 Å². The van der Waals surface area contributed by atoms with Gasteiger partial charge in [0.05, 0.1) is 13.7 Å². The molecule has 4 heteroatoms. The number of ether oxygens (including phenoxy) is 2. The molecule has 2 aromatic rings. The number of thiophene rings is 1. The Hall–Kier alpha value is -1.52. The van der Waals surface area contributed by atoms with E-state index in [4.69, 9.17) is 9.47 Å². The molecule has 114 valence electrons. The third-order valence-electron chi connectivity index (χ3n) is 3.38. The van der Waals surface area contributed by atoms with Crippen LogP contribution in [-0.2, 0) is 6.42 Å². The molecule has 3 nitrogen and oxygen atoms in total. The molecule has 0 aliphatic rings. The molecule has 0 aliphatic carbocycles. The first-order chi connectivity index (χ1) is 10.2. The van der Waals surface area contributed by atoms with Gasteiger partial charge in [-0.1, -0.05) is 19.1 Å². The summed E-state index contributed by atoms with van der Waals surface area (Å²) in [6.07, 6.45) is 0.934. The summed E-state index contributed by atoms with van der Waals surface area (Å²) in [5.41, 5.74) is 1.17. The fourth-order valence-electron chi connectivity index (χ4n) is 2.26. The van der Waals surface area contributed by atoms with Gasteiger partial charge in [0.15, 0.2) is 0 Å². The van der Waals surface area contributed by atoms with Gasteiger partial charge in [0.25, 0.3) is 0 Å². The Labute approximate surface area is 130 Å². The van der Waals surface area contributed by atoms with Crippen molar-refractivity contribution in [1.82, 2.24) is 5.32 Å². The van der Waals surface area contributed by atoms with Gasteiger partial charge in [-0.25, -0.2) is 0 Å². The predicted molar refractivity (Wildman–Crippen MR) is 88.6 cm³/mol. The number of benzene rings is 1. The molecule has 1 aromatic heterocycles. The van der Waals surface area contributed by atoms with Crippen LogP contribution >= 0.6 is 11.3 Å². The van der Waals surface area contributed by atoms with Gasteiger partial charge >= 0.3 is 0 Å². The third kappa shape index (κ3) is 4.48. The SMILES string of the molecule is CCNC(C)c1ccc(OC)cc1OCCc1cccs1. The zero-order chi connectivity index (χ0) is 15.1. The Balaban J connectivity index is 2.06. The Bertz CT molecular complexity index is 540. The molecular weight excluding hydrogens is 282 g/mol. The van der Waals surface area contributed by atoms with E-state index in [1.807, 2.05) is 12.1 Å². The lowest BCUT2D eigenvalue weighted by molar-refractivity contribution is 0.313. The van der Waals surface area contributed by atoms with Crippen LogP contribution in [0.25, 0.3) is 0 Å². The van der Waals surface area contributed by atoms with Crippen molar-refractivity contribution in [3.63, 3.8) is 0 Å². The van der Waals surface area contributed by atoms with Crippen LogP contribution in [0.15, 0.2) is 35.7 Å². The Morgan fingerprint density at radius 3 is 2.81 bits per heavy atom. The molecular formula is C17H23NO2S. The van der Waals surface area contributed by atoms with Crippen LogP contribution in [0.2, 0.25) is 0 Å². The maximum atomic E-state index is 6.01. The standard InChI is InChI=1S/C17H23NO2S/c1-4-18-13(2)16-8-7-14(19-3)12-17(16)20-10-9-15-6-5-11-21-15/h5-8,11-13,18H,4,9-10H2,1-3H3. The number of nitrogens with one attached hydrogen (secondary N) is 1. The highest BCUT2D eigenvalue weighted by molar-refractivity contribution is 7.09. The van der Waals surface area contributed by atoms with E-state index in [0.29, 0.717) is 6.61 Å². The zero-order valence-electron chi connectivity index (χ0n) is 12.9. The summed E-state index contributed by atoms with van der Waals surface area (Å²) < 4.78 is 11.3. The second-order valence-electron chi connectivity index (χ2n) is 4.86. The smallest absolute Gasteiger partial charge is 0.127 e. The topological polar surface area (TPSA) is 30.5 Å². The zero-order valence-corrected chi connectivity index (χ0v) is 13.7. The first-order valence-corrected chi connectivity index (χ1v) is 8.19. The molecule has 0 saturated carbocycles. The van der Waals surface area contributed by atoms with Crippen LogP contribution in [0.1, 0.15) is 30.3 Å². The second-order valence-corrected chi connectivity index (χ2v) is 5.89. The maximum Gasteiger partial charge on any atom is 0.127 e. The van der Waals surface area contributed by atoms with Gasteiger partial charge in [0.1, 0.15) is 11.5 Å². The second kappa shape index (κ2) is 8.05. The van der Waals surface area contributed by atoms with Crippen LogP contribution in [0.4, 0.5) is 0 Å². The summed E-state index contributed by atoms with van der Waals surface area (Å²) in [6.45, 7) is 5.87. The molecule has 1 aromatic carbocycles. The molecule has 1 unspecified atom stereocenters. The summed E-state index contributed by atoms with van der Waals surface area (Å²) >= 11 is 1.77. The molecule has 21 heavy (non-hydrogen) atoms. The lowest BCUT2D eigenvalue weighted by atomic mass is 10.1. The minimum Gasteiger partial charge on any atom is -0.497 e. The Morgan fingerprint density at radius 2 is 2.14 bits per heavy atom. The van der Waals surface area contributed by atoms with Crippen molar-refractivity contribution < 1.29 is 9.47 Å². The Morgan fingerprint density at radius 1 is 1.29 bits per heavy atom. The summed E-state index contributed by atoms with van der Waals surface area (Å²) in [5.74, 6) is 1.73. The van der Waals surface area contributed by atoms with Crippen molar-refractivity contribution >= 4 is 11.3 Å². The minimum absolute atomic E-state index is 0.262. The highest BCUT2D eigenvalue weighted by Gasteiger charge is 2.12. The third-order valence-corrected chi connectivity index (χ3v) is 4.32. The lowest BCUT2D eigenvalue weighted by Crippen LogP contribution is -2.18. The van der Waals surface area contributed by atoms with Crippen LogP contribution in [0.5, 0.6) is 11.5 Å². The van der Waals surface area contributed by atoms with Crippen LogP contribution in [-0.4, -0.2) is 20.3 Å². The molecule has 1 N–H and O–H groups in total. The van der Waals surface area contributed by atoms with Gasteiger partial charge in [-0.2, -0.15) is 0 Å². The van der Waals surface area contributed by atoms with E-state index in [0.717, 1.165) is 24.5 Å². The highest BCUT2D eigenvalue weighted by atomic mass is 32.1. The normalized spacial score (nSPS) is 12.1. The van der Waals surface area contributed by atoms with E-state index >= 15 is 0 Å². The van der Waals surface area contributed by atoms with Crippen molar-refractivity contribution in [3.8, 4) is 11.5 Å². The van der Waals surface area contributed by atoms with Gasteiger partial charge in [0, 0.05) is 29.0 Å². The Kier molecular flexibility index (Phi) is 6.08. The van der Waals surface area contributed by atoms with Gasteiger partial charge in [-0.15, -0.1) is 11.3 Å². The number of hydrogen-bond acceptors (Lipinski definition) is 4. The largest absolute Gasteiger partial charge is 0.497 e. The van der Waals surface area contributed by atoms with Gasteiger partial charge in [0.2, 0.25) is 0 Å². The van der Waals surface area contributed by atoms with Gasteiger partial charge in [-0.05, 0) is 31.0 Å². The van der Waals surface area contributed by atoms with Gasteiger partial charge < -0.3 is 14.8 Å². The molecule has 1 heterocycles. The van der Waals surface area contributed by atoms with Gasteiger partial charge in [-0.3, -0.25) is 0 Å². The number of hydrogen-bond donors (Lipinski definition) is 1. The van der Waals surface area contributed by atoms with Crippen molar-refractivity contribution in [2.75, 3.05) is 20.3 Å². The van der Waals surface area contributed by atoms with Crippen LogP contribution in [0, 0.1) is 0 Å².